The molecule has 1 unspecified atom stereocenters. The molecule has 0 saturated carbocycles. The van der Waals surface area contributed by atoms with Crippen LogP contribution in [0.1, 0.15) is 31.4 Å². The third-order valence-corrected chi connectivity index (χ3v) is 5.16. The first kappa shape index (κ1) is 17.2. The molecular formula is C20H25N3O3. The van der Waals surface area contributed by atoms with Crippen molar-refractivity contribution in [2.75, 3.05) is 19.7 Å². The first-order valence-electron chi connectivity index (χ1n) is 9.43. The van der Waals surface area contributed by atoms with E-state index in [2.05, 4.69) is 10.3 Å². The molecule has 0 radical (unpaired) electrons. The predicted molar refractivity (Wildman–Crippen MR) is 97.4 cm³/mol. The summed E-state index contributed by atoms with van der Waals surface area (Å²) in [5.74, 6) is 0.823. The van der Waals surface area contributed by atoms with Gasteiger partial charge in [-0.05, 0) is 37.8 Å². The highest BCUT2D eigenvalue weighted by molar-refractivity contribution is 5.81. The fourth-order valence-corrected chi connectivity index (χ4v) is 3.63. The van der Waals surface area contributed by atoms with E-state index in [0.29, 0.717) is 18.5 Å². The van der Waals surface area contributed by atoms with Crippen LogP contribution in [0.25, 0.3) is 11.5 Å². The van der Waals surface area contributed by atoms with Crippen molar-refractivity contribution in [3.63, 3.8) is 0 Å². The lowest BCUT2D eigenvalue weighted by Gasteiger charge is -2.33. The smallest absolute Gasteiger partial charge is 0.251 e. The molecule has 2 aliphatic rings. The highest BCUT2D eigenvalue weighted by atomic mass is 16.5. The van der Waals surface area contributed by atoms with Gasteiger partial charge >= 0.3 is 0 Å². The Bertz CT molecular complexity index is 717. The molecule has 2 aromatic rings. The number of likely N-dealkylation sites (tertiary alicyclic amines) is 1. The number of ether oxygens (including phenoxy) is 1. The molecule has 0 spiro atoms. The Morgan fingerprint density at radius 2 is 2.00 bits per heavy atom. The number of nitrogens with one attached hydrogen (secondary N) is 1. The van der Waals surface area contributed by atoms with Crippen molar-refractivity contribution in [3.05, 3.63) is 42.3 Å². The molecule has 1 N–H and O–H groups in total. The number of amides is 1. The quantitative estimate of drug-likeness (QED) is 0.893. The van der Waals surface area contributed by atoms with Gasteiger partial charge < -0.3 is 19.4 Å². The van der Waals surface area contributed by atoms with Gasteiger partial charge in [0, 0.05) is 37.8 Å². The van der Waals surface area contributed by atoms with Gasteiger partial charge in [0.05, 0.1) is 5.69 Å². The number of piperidine rings is 1. The van der Waals surface area contributed by atoms with Crippen molar-refractivity contribution in [2.24, 2.45) is 0 Å². The first-order chi connectivity index (χ1) is 12.8. The minimum absolute atomic E-state index is 0.171. The number of hydrogen-bond donors (Lipinski definition) is 1. The molecule has 26 heavy (non-hydrogen) atoms. The van der Waals surface area contributed by atoms with Gasteiger partial charge in [-0.1, -0.05) is 18.2 Å². The van der Waals surface area contributed by atoms with Crippen molar-refractivity contribution >= 4 is 5.91 Å². The van der Waals surface area contributed by atoms with Crippen LogP contribution in [0.3, 0.4) is 0 Å². The second-order valence-corrected chi connectivity index (χ2v) is 6.99. The van der Waals surface area contributed by atoms with E-state index in [9.17, 15) is 4.79 Å². The van der Waals surface area contributed by atoms with Crippen LogP contribution >= 0.6 is 0 Å². The molecule has 6 heteroatoms. The summed E-state index contributed by atoms with van der Waals surface area (Å²) in [4.78, 5) is 18.9. The summed E-state index contributed by atoms with van der Waals surface area (Å²) in [6.45, 7) is 2.99. The number of oxazole rings is 1. The van der Waals surface area contributed by atoms with Crippen molar-refractivity contribution in [3.8, 4) is 11.5 Å². The number of hydrogen-bond acceptors (Lipinski definition) is 5. The van der Waals surface area contributed by atoms with Gasteiger partial charge in [0.15, 0.2) is 0 Å². The Labute approximate surface area is 153 Å². The highest BCUT2D eigenvalue weighted by Gasteiger charge is 2.30. The van der Waals surface area contributed by atoms with Crippen LogP contribution < -0.4 is 5.32 Å². The molecule has 1 aromatic heterocycles. The number of aromatic nitrogens is 1. The Hall–Kier alpha value is -2.18. The summed E-state index contributed by atoms with van der Waals surface area (Å²) in [6, 6.07) is 10.3. The minimum atomic E-state index is -0.203. The topological polar surface area (TPSA) is 67.6 Å². The molecular weight excluding hydrogens is 330 g/mol. The second kappa shape index (κ2) is 8.01. The van der Waals surface area contributed by atoms with E-state index in [1.807, 2.05) is 35.2 Å². The molecule has 2 fully saturated rings. The maximum atomic E-state index is 12.4. The Balaban J connectivity index is 1.24. The van der Waals surface area contributed by atoms with Crippen LogP contribution in [0.4, 0.5) is 0 Å². The molecule has 1 atom stereocenters. The zero-order chi connectivity index (χ0) is 17.8. The van der Waals surface area contributed by atoms with Crippen molar-refractivity contribution < 1.29 is 13.9 Å². The van der Waals surface area contributed by atoms with E-state index in [0.717, 1.165) is 56.6 Å². The molecule has 3 heterocycles. The lowest BCUT2D eigenvalue weighted by Crippen LogP contribution is -2.47. The summed E-state index contributed by atoms with van der Waals surface area (Å²) in [7, 11) is 0. The molecule has 138 valence electrons. The van der Waals surface area contributed by atoms with Gasteiger partial charge in [-0.25, -0.2) is 4.98 Å². The molecule has 4 rings (SSSR count). The molecule has 0 bridgehead atoms. The normalized spacial score (nSPS) is 21.2. The zero-order valence-electron chi connectivity index (χ0n) is 14.9. The highest BCUT2D eigenvalue weighted by Crippen LogP contribution is 2.20. The number of nitrogens with zero attached hydrogens (tertiary/aromatic N) is 2. The average molecular weight is 355 g/mol. The Kier molecular flexibility index (Phi) is 5.32. The largest absolute Gasteiger partial charge is 0.444 e. The van der Waals surface area contributed by atoms with Crippen molar-refractivity contribution in [1.82, 2.24) is 15.2 Å². The summed E-state index contributed by atoms with van der Waals surface area (Å²) in [5.41, 5.74) is 1.89. The van der Waals surface area contributed by atoms with Crippen molar-refractivity contribution in [2.45, 2.75) is 44.4 Å². The maximum Gasteiger partial charge on any atom is 0.251 e. The lowest BCUT2D eigenvalue weighted by molar-refractivity contribution is -0.142. The Morgan fingerprint density at radius 1 is 1.19 bits per heavy atom. The number of rotatable bonds is 5. The third-order valence-electron chi connectivity index (χ3n) is 5.16. The van der Waals surface area contributed by atoms with Crippen molar-refractivity contribution in [1.29, 1.82) is 0 Å². The predicted octanol–water partition coefficient (Wildman–Crippen LogP) is 2.60. The van der Waals surface area contributed by atoms with E-state index >= 15 is 0 Å². The van der Waals surface area contributed by atoms with Gasteiger partial charge in [-0.2, -0.15) is 0 Å². The fraction of sp³-hybridized carbons (Fsp3) is 0.500. The third kappa shape index (κ3) is 3.97. The lowest BCUT2D eigenvalue weighted by atomic mass is 10.0. The van der Waals surface area contributed by atoms with Crippen LogP contribution in [-0.2, 0) is 16.1 Å². The molecule has 0 aliphatic carbocycles. The monoisotopic (exact) mass is 355 g/mol. The van der Waals surface area contributed by atoms with Crippen LogP contribution in [0, 0.1) is 0 Å². The number of carbonyl (C=O) groups is 1. The van der Waals surface area contributed by atoms with Gasteiger partial charge in [0.25, 0.3) is 5.91 Å². The molecule has 6 nitrogen and oxygen atoms in total. The van der Waals surface area contributed by atoms with E-state index in [4.69, 9.17) is 9.15 Å². The van der Waals surface area contributed by atoms with Gasteiger partial charge in [-0.15, -0.1) is 0 Å². The van der Waals surface area contributed by atoms with Gasteiger partial charge in [-0.3, -0.25) is 4.79 Å². The molecule has 1 aromatic carbocycles. The van der Waals surface area contributed by atoms with Crippen LogP contribution in [0.15, 0.2) is 41.0 Å². The minimum Gasteiger partial charge on any atom is -0.444 e. The maximum absolute atomic E-state index is 12.4. The summed E-state index contributed by atoms with van der Waals surface area (Å²) in [6.07, 6.45) is 5.30. The number of carbonyl (C=O) groups excluding carboxylic acids is 1. The summed E-state index contributed by atoms with van der Waals surface area (Å²) >= 11 is 0. The van der Waals surface area contributed by atoms with E-state index in [1.54, 1.807) is 6.26 Å². The van der Waals surface area contributed by atoms with Crippen LogP contribution in [0.5, 0.6) is 0 Å². The van der Waals surface area contributed by atoms with Crippen LogP contribution in [0.2, 0.25) is 0 Å². The fourth-order valence-electron chi connectivity index (χ4n) is 3.63. The summed E-state index contributed by atoms with van der Waals surface area (Å²) < 4.78 is 11.1. The average Bonchev–Trinajstić information content (AvgIpc) is 3.39. The zero-order valence-corrected chi connectivity index (χ0v) is 14.9. The molecule has 1 amide bonds. The SMILES string of the molecule is O=C(C1CCCO1)N1CCC(NCc2coc(-c3ccccc3)n2)CC1. The first-order valence-corrected chi connectivity index (χ1v) is 9.43. The standard InChI is InChI=1S/C20H25N3O3/c24-20(18-7-4-12-25-18)23-10-8-16(9-11-23)21-13-17-14-26-19(22-17)15-5-2-1-3-6-15/h1-3,5-6,14,16,18,21H,4,7-13H2. The van der Waals surface area contributed by atoms with E-state index < -0.39 is 0 Å². The second-order valence-electron chi connectivity index (χ2n) is 6.99. The van der Waals surface area contributed by atoms with E-state index in [-0.39, 0.29) is 12.0 Å². The van der Waals surface area contributed by atoms with Gasteiger partial charge in [0.1, 0.15) is 12.4 Å². The number of benzene rings is 1. The Morgan fingerprint density at radius 3 is 2.73 bits per heavy atom. The van der Waals surface area contributed by atoms with E-state index in [1.165, 1.54) is 0 Å². The summed E-state index contributed by atoms with van der Waals surface area (Å²) in [5, 5.41) is 3.54. The van der Waals surface area contributed by atoms with Gasteiger partial charge in [0.2, 0.25) is 5.89 Å². The van der Waals surface area contributed by atoms with Crippen LogP contribution in [-0.4, -0.2) is 47.6 Å². The molecule has 2 aliphatic heterocycles. The molecule has 2 saturated heterocycles.